The van der Waals surface area contributed by atoms with Gasteiger partial charge in [0.25, 0.3) is 0 Å². The molecule has 7 heteroatoms. The Hall–Kier alpha value is -4.26. The summed E-state index contributed by atoms with van der Waals surface area (Å²) in [6, 6.07) is 15.9. The number of ketones is 1. The molecule has 0 spiro atoms. The number of nitrogens with one attached hydrogen (secondary N) is 1. The van der Waals surface area contributed by atoms with E-state index in [0.717, 1.165) is 22.3 Å². The summed E-state index contributed by atoms with van der Waals surface area (Å²) in [5, 5.41) is 12.4. The van der Waals surface area contributed by atoms with Gasteiger partial charge in [-0.3, -0.25) is 9.79 Å². The van der Waals surface area contributed by atoms with Gasteiger partial charge in [0.2, 0.25) is 0 Å². The Bertz CT molecular complexity index is 1380. The molecule has 7 nitrogen and oxygen atoms in total. The van der Waals surface area contributed by atoms with E-state index in [1.54, 1.807) is 31.2 Å². The molecule has 3 aliphatic rings. The van der Waals surface area contributed by atoms with Gasteiger partial charge in [0.1, 0.15) is 11.9 Å². The number of carbonyl (C=O) groups is 3. The predicted octanol–water partition coefficient (Wildman–Crippen LogP) is 4.68. The molecule has 0 bridgehead atoms. The zero-order valence-corrected chi connectivity index (χ0v) is 20.7. The normalized spacial score (nSPS) is 22.6. The fraction of sp³-hybridized carbons (Fsp3) is 0.267. The Morgan fingerprint density at radius 3 is 2.46 bits per heavy atom. The van der Waals surface area contributed by atoms with E-state index in [-0.39, 0.29) is 18.0 Å². The van der Waals surface area contributed by atoms with Crippen LogP contribution in [0.15, 0.2) is 88.6 Å². The van der Waals surface area contributed by atoms with E-state index < -0.39 is 29.8 Å². The molecule has 0 aromatic heterocycles. The number of benzene rings is 2. The van der Waals surface area contributed by atoms with Gasteiger partial charge in [-0.1, -0.05) is 60.2 Å². The highest BCUT2D eigenvalue weighted by Gasteiger charge is 2.49. The SMILES string of the molecule is CCOC(=O)C1=C(C)NC2=NC(CC3=CC=C(c4ccc(C(=O)O)cc4)C3)C(=O)C2C1c1ccccc1. The molecular formula is C30H28N2O5. The lowest BCUT2D eigenvalue weighted by Gasteiger charge is -2.32. The first-order chi connectivity index (χ1) is 17.9. The van der Waals surface area contributed by atoms with Gasteiger partial charge in [0, 0.05) is 11.6 Å². The summed E-state index contributed by atoms with van der Waals surface area (Å²) in [4.78, 5) is 42.7. The van der Waals surface area contributed by atoms with Crippen LogP contribution in [0.4, 0.5) is 0 Å². The number of aromatic carboxylic acids is 1. The minimum atomic E-state index is -0.954. The summed E-state index contributed by atoms with van der Waals surface area (Å²) in [5.74, 6) is -1.82. The molecule has 1 aliphatic carbocycles. The van der Waals surface area contributed by atoms with Crippen molar-refractivity contribution in [3.8, 4) is 0 Å². The number of nitrogens with zero attached hydrogens (tertiary/aromatic N) is 1. The van der Waals surface area contributed by atoms with E-state index in [4.69, 9.17) is 14.8 Å². The maximum atomic E-state index is 13.8. The summed E-state index contributed by atoms with van der Waals surface area (Å²) in [6.45, 7) is 3.84. The number of aliphatic imine (C=N–C) groups is 1. The topological polar surface area (TPSA) is 105 Å². The van der Waals surface area contributed by atoms with Crippen LogP contribution in [0.2, 0.25) is 0 Å². The molecule has 2 aromatic carbocycles. The van der Waals surface area contributed by atoms with Crippen molar-refractivity contribution in [3.63, 3.8) is 0 Å². The molecule has 5 rings (SSSR count). The highest BCUT2D eigenvalue weighted by atomic mass is 16.5. The Labute approximate surface area is 215 Å². The van der Waals surface area contributed by atoms with Gasteiger partial charge in [-0.2, -0.15) is 0 Å². The third kappa shape index (κ3) is 4.65. The number of allylic oxidation sites excluding steroid dienone is 4. The maximum absolute atomic E-state index is 13.8. The molecule has 3 atom stereocenters. The maximum Gasteiger partial charge on any atom is 0.336 e. The van der Waals surface area contributed by atoms with Crippen LogP contribution in [-0.4, -0.2) is 41.3 Å². The first-order valence-corrected chi connectivity index (χ1v) is 12.4. The lowest BCUT2D eigenvalue weighted by atomic mass is 9.74. The minimum absolute atomic E-state index is 0.00851. The number of esters is 1. The predicted molar refractivity (Wildman–Crippen MR) is 140 cm³/mol. The van der Waals surface area contributed by atoms with Crippen molar-refractivity contribution >= 4 is 29.1 Å². The van der Waals surface area contributed by atoms with Gasteiger partial charge in [-0.05, 0) is 55.5 Å². The average molecular weight is 497 g/mol. The largest absolute Gasteiger partial charge is 0.478 e. The Morgan fingerprint density at radius 2 is 1.78 bits per heavy atom. The molecule has 188 valence electrons. The van der Waals surface area contributed by atoms with E-state index in [9.17, 15) is 14.4 Å². The highest BCUT2D eigenvalue weighted by molar-refractivity contribution is 6.15. The van der Waals surface area contributed by atoms with Crippen LogP contribution >= 0.6 is 0 Å². The van der Waals surface area contributed by atoms with Crippen molar-refractivity contribution in [2.45, 2.75) is 38.6 Å². The molecule has 0 saturated heterocycles. The second-order valence-corrected chi connectivity index (χ2v) is 9.46. The number of amidine groups is 1. The van der Waals surface area contributed by atoms with Gasteiger partial charge < -0.3 is 15.2 Å². The zero-order valence-electron chi connectivity index (χ0n) is 20.7. The van der Waals surface area contributed by atoms with Crippen molar-refractivity contribution in [1.29, 1.82) is 0 Å². The third-order valence-corrected chi connectivity index (χ3v) is 7.14. The fourth-order valence-corrected chi connectivity index (χ4v) is 5.39. The van der Waals surface area contributed by atoms with Crippen molar-refractivity contribution in [1.82, 2.24) is 5.32 Å². The molecule has 0 fully saturated rings. The number of ether oxygens (including phenoxy) is 1. The average Bonchev–Trinajstić information content (AvgIpc) is 3.48. The highest BCUT2D eigenvalue weighted by Crippen LogP contribution is 2.43. The van der Waals surface area contributed by atoms with Gasteiger partial charge in [-0.15, -0.1) is 0 Å². The van der Waals surface area contributed by atoms with E-state index in [2.05, 4.69) is 5.32 Å². The summed E-state index contributed by atoms with van der Waals surface area (Å²) in [7, 11) is 0. The lowest BCUT2D eigenvalue weighted by Crippen LogP contribution is -2.43. The van der Waals surface area contributed by atoms with E-state index in [1.807, 2.05) is 49.4 Å². The number of hydrogen-bond donors (Lipinski definition) is 2. The van der Waals surface area contributed by atoms with Gasteiger partial charge in [0.05, 0.1) is 23.7 Å². The summed E-state index contributed by atoms with van der Waals surface area (Å²) in [5.41, 5.74) is 5.38. The van der Waals surface area contributed by atoms with Crippen LogP contribution in [0.1, 0.15) is 54.1 Å². The van der Waals surface area contributed by atoms with Crippen LogP contribution in [0.25, 0.3) is 5.57 Å². The van der Waals surface area contributed by atoms with Crippen molar-refractivity contribution in [2.75, 3.05) is 6.61 Å². The van der Waals surface area contributed by atoms with Gasteiger partial charge in [0.15, 0.2) is 5.78 Å². The van der Waals surface area contributed by atoms with E-state index in [0.29, 0.717) is 29.9 Å². The molecule has 3 unspecified atom stereocenters. The second-order valence-electron chi connectivity index (χ2n) is 9.46. The number of fused-ring (bicyclic) bond motifs is 1. The first-order valence-electron chi connectivity index (χ1n) is 12.4. The van der Waals surface area contributed by atoms with Crippen LogP contribution in [0, 0.1) is 5.92 Å². The number of hydrogen-bond acceptors (Lipinski definition) is 6. The standard InChI is InChI=1S/C30H28N2O5/c1-3-37-30(36)24-17(2)31-28-26(25(24)20-7-5-4-6-8-20)27(33)23(32-28)16-18-9-10-22(15-18)19-11-13-21(14-12-19)29(34)35/h4-14,23,25-26H,3,15-16H2,1-2H3,(H,31,32)(H,34,35). The molecule has 0 saturated carbocycles. The Kier molecular flexibility index (Phi) is 6.61. The molecule has 2 aromatic rings. The molecular weight excluding hydrogens is 468 g/mol. The van der Waals surface area contributed by atoms with Crippen LogP contribution in [0.5, 0.6) is 0 Å². The number of carboxylic acid groups (broad SMARTS) is 1. The molecule has 0 radical (unpaired) electrons. The minimum Gasteiger partial charge on any atom is -0.478 e. The van der Waals surface area contributed by atoms with Crippen LogP contribution in [0.3, 0.4) is 0 Å². The number of carboxylic acids is 1. The molecule has 37 heavy (non-hydrogen) atoms. The molecule has 2 heterocycles. The van der Waals surface area contributed by atoms with E-state index in [1.165, 1.54) is 0 Å². The Morgan fingerprint density at radius 1 is 1.05 bits per heavy atom. The van der Waals surface area contributed by atoms with Crippen molar-refractivity contribution in [3.05, 3.63) is 100 Å². The molecule has 2 N–H and O–H groups in total. The Balaban J connectivity index is 1.35. The summed E-state index contributed by atoms with van der Waals surface area (Å²) in [6.07, 6.45) is 5.20. The summed E-state index contributed by atoms with van der Waals surface area (Å²) >= 11 is 0. The lowest BCUT2D eigenvalue weighted by molar-refractivity contribution is -0.139. The van der Waals surface area contributed by atoms with Crippen LogP contribution in [-0.2, 0) is 14.3 Å². The van der Waals surface area contributed by atoms with Crippen molar-refractivity contribution < 1.29 is 24.2 Å². The fourth-order valence-electron chi connectivity index (χ4n) is 5.39. The second kappa shape index (κ2) is 10.0. The van der Waals surface area contributed by atoms with Gasteiger partial charge >= 0.3 is 11.9 Å². The smallest absolute Gasteiger partial charge is 0.336 e. The summed E-state index contributed by atoms with van der Waals surface area (Å²) < 4.78 is 5.36. The number of Topliss-reactive ketones (excluding diaryl/α,β-unsaturated/α-hetero) is 1. The molecule has 0 amide bonds. The quantitative estimate of drug-likeness (QED) is 0.540. The monoisotopic (exact) mass is 496 g/mol. The van der Waals surface area contributed by atoms with Crippen LogP contribution < -0.4 is 5.32 Å². The van der Waals surface area contributed by atoms with Gasteiger partial charge in [-0.25, -0.2) is 9.59 Å². The third-order valence-electron chi connectivity index (χ3n) is 7.14. The number of carbonyl (C=O) groups excluding carboxylic acids is 2. The van der Waals surface area contributed by atoms with Crippen molar-refractivity contribution in [2.24, 2.45) is 10.9 Å². The number of rotatable bonds is 7. The molecule has 2 aliphatic heterocycles. The zero-order chi connectivity index (χ0) is 26.1. The van der Waals surface area contributed by atoms with E-state index >= 15 is 0 Å². The first kappa shape index (κ1) is 24.4.